The summed E-state index contributed by atoms with van der Waals surface area (Å²) in [6.07, 6.45) is 10.1. The molecule has 18 heavy (non-hydrogen) atoms. The van der Waals surface area contributed by atoms with Crippen LogP contribution in [-0.2, 0) is 4.79 Å². The molecule has 0 aromatic carbocycles. The molecular formula is C15H26N2O. The summed E-state index contributed by atoms with van der Waals surface area (Å²) in [4.78, 5) is 17.2. The Bertz CT molecular complexity index is 293. The lowest BCUT2D eigenvalue weighted by molar-refractivity contribution is -0.135. The van der Waals surface area contributed by atoms with E-state index < -0.39 is 0 Å². The highest BCUT2D eigenvalue weighted by Crippen LogP contribution is 2.28. The van der Waals surface area contributed by atoms with Gasteiger partial charge in [-0.25, -0.2) is 0 Å². The highest BCUT2D eigenvalue weighted by Gasteiger charge is 2.34. The summed E-state index contributed by atoms with van der Waals surface area (Å²) in [6.45, 7) is 4.54. The Labute approximate surface area is 111 Å². The fraction of sp³-hybridized carbons (Fsp3) is 0.933. The molecule has 2 saturated heterocycles. The maximum absolute atomic E-state index is 12.5. The van der Waals surface area contributed by atoms with Crippen LogP contribution in [0.25, 0.3) is 0 Å². The van der Waals surface area contributed by atoms with Crippen LogP contribution in [0.15, 0.2) is 0 Å². The van der Waals surface area contributed by atoms with Gasteiger partial charge in [0.2, 0.25) is 5.91 Å². The molecule has 1 atom stereocenters. The van der Waals surface area contributed by atoms with Gasteiger partial charge in [-0.1, -0.05) is 19.3 Å². The van der Waals surface area contributed by atoms with E-state index in [2.05, 4.69) is 9.80 Å². The second kappa shape index (κ2) is 5.60. The van der Waals surface area contributed by atoms with Gasteiger partial charge >= 0.3 is 0 Å². The Morgan fingerprint density at radius 2 is 1.56 bits per heavy atom. The van der Waals surface area contributed by atoms with E-state index in [1.54, 1.807) is 0 Å². The van der Waals surface area contributed by atoms with Crippen LogP contribution in [0, 0.1) is 5.92 Å². The van der Waals surface area contributed by atoms with Gasteiger partial charge in [-0.2, -0.15) is 0 Å². The molecule has 0 aromatic heterocycles. The number of carbonyl (C=O) groups is 1. The van der Waals surface area contributed by atoms with Crippen molar-refractivity contribution in [2.45, 2.75) is 57.4 Å². The van der Waals surface area contributed by atoms with Crippen molar-refractivity contribution in [3.63, 3.8) is 0 Å². The third kappa shape index (κ3) is 2.56. The van der Waals surface area contributed by atoms with Crippen molar-refractivity contribution in [2.75, 3.05) is 26.2 Å². The van der Waals surface area contributed by atoms with Gasteiger partial charge in [0, 0.05) is 25.0 Å². The van der Waals surface area contributed by atoms with Crippen LogP contribution in [0.3, 0.4) is 0 Å². The first-order chi connectivity index (χ1) is 8.84. The van der Waals surface area contributed by atoms with E-state index in [1.807, 2.05) is 0 Å². The molecule has 3 rings (SSSR count). The molecule has 0 spiro atoms. The lowest BCUT2D eigenvalue weighted by Gasteiger charge is -2.27. The standard InChI is InChI=1S/C15H26N2O/c18-15(13-6-2-1-3-7-13)17-11-8-14(12-17)16-9-4-5-10-16/h13-14H,1-12H2. The maximum Gasteiger partial charge on any atom is 0.225 e. The summed E-state index contributed by atoms with van der Waals surface area (Å²) in [6, 6.07) is 0.667. The van der Waals surface area contributed by atoms with Crippen molar-refractivity contribution in [1.82, 2.24) is 9.80 Å². The van der Waals surface area contributed by atoms with Crippen molar-refractivity contribution in [2.24, 2.45) is 5.92 Å². The second-order valence-corrected chi connectivity index (χ2v) is 6.30. The Morgan fingerprint density at radius 1 is 0.833 bits per heavy atom. The van der Waals surface area contributed by atoms with E-state index in [4.69, 9.17) is 0 Å². The average molecular weight is 250 g/mol. The predicted octanol–water partition coefficient (Wildman–Crippen LogP) is 2.26. The van der Waals surface area contributed by atoms with Crippen LogP contribution >= 0.6 is 0 Å². The first-order valence-electron chi connectivity index (χ1n) is 7.87. The van der Waals surface area contributed by atoms with E-state index in [-0.39, 0.29) is 0 Å². The third-order valence-electron chi connectivity index (χ3n) is 5.09. The SMILES string of the molecule is O=C(C1CCCCC1)N1CCC(N2CCCC2)C1. The molecule has 3 aliphatic rings. The number of carbonyl (C=O) groups excluding carboxylic acids is 1. The molecule has 1 amide bonds. The zero-order chi connectivity index (χ0) is 12.4. The molecule has 0 bridgehead atoms. The molecule has 102 valence electrons. The Balaban J connectivity index is 1.52. The van der Waals surface area contributed by atoms with E-state index in [1.165, 1.54) is 51.6 Å². The lowest BCUT2D eigenvalue weighted by Crippen LogP contribution is -2.39. The van der Waals surface area contributed by atoms with Crippen LogP contribution in [-0.4, -0.2) is 47.9 Å². The van der Waals surface area contributed by atoms with E-state index >= 15 is 0 Å². The van der Waals surface area contributed by atoms with Gasteiger partial charge in [0.15, 0.2) is 0 Å². The first-order valence-corrected chi connectivity index (χ1v) is 7.87. The summed E-state index contributed by atoms with van der Waals surface area (Å²) in [7, 11) is 0. The van der Waals surface area contributed by atoms with Crippen LogP contribution in [0.1, 0.15) is 51.4 Å². The topological polar surface area (TPSA) is 23.6 Å². The minimum atomic E-state index is 0.357. The highest BCUT2D eigenvalue weighted by atomic mass is 16.2. The molecule has 2 heterocycles. The van der Waals surface area contributed by atoms with Gasteiger partial charge in [0.1, 0.15) is 0 Å². The summed E-state index contributed by atoms with van der Waals surface area (Å²) in [5.74, 6) is 0.826. The fourth-order valence-corrected chi connectivity index (χ4v) is 3.95. The van der Waals surface area contributed by atoms with Crippen molar-refractivity contribution >= 4 is 5.91 Å². The molecule has 0 aromatic rings. The van der Waals surface area contributed by atoms with Gasteiger partial charge in [0.05, 0.1) is 0 Å². The summed E-state index contributed by atoms with van der Waals surface area (Å²) in [5, 5.41) is 0. The number of hydrogen-bond acceptors (Lipinski definition) is 2. The molecule has 1 unspecified atom stereocenters. The molecular weight excluding hydrogens is 224 g/mol. The largest absolute Gasteiger partial charge is 0.341 e. The summed E-state index contributed by atoms with van der Waals surface area (Å²) < 4.78 is 0. The van der Waals surface area contributed by atoms with Crippen molar-refractivity contribution in [3.05, 3.63) is 0 Å². The molecule has 3 heteroatoms. The molecule has 2 aliphatic heterocycles. The van der Waals surface area contributed by atoms with E-state index in [0.717, 1.165) is 25.9 Å². The van der Waals surface area contributed by atoms with Gasteiger partial charge in [-0.3, -0.25) is 9.69 Å². The Hall–Kier alpha value is -0.570. The molecule has 3 nitrogen and oxygen atoms in total. The maximum atomic E-state index is 12.5. The highest BCUT2D eigenvalue weighted by molar-refractivity contribution is 5.79. The van der Waals surface area contributed by atoms with Crippen LogP contribution in [0.2, 0.25) is 0 Å². The lowest BCUT2D eigenvalue weighted by atomic mass is 9.88. The van der Waals surface area contributed by atoms with E-state index in [0.29, 0.717) is 17.9 Å². The van der Waals surface area contributed by atoms with Gasteiger partial charge in [-0.15, -0.1) is 0 Å². The first kappa shape index (κ1) is 12.5. The number of likely N-dealkylation sites (tertiary alicyclic amines) is 2. The average Bonchev–Trinajstić information content (AvgIpc) is 3.09. The minimum absolute atomic E-state index is 0.357. The molecule has 3 fully saturated rings. The smallest absolute Gasteiger partial charge is 0.225 e. The molecule has 0 N–H and O–H groups in total. The number of nitrogens with zero attached hydrogens (tertiary/aromatic N) is 2. The quantitative estimate of drug-likeness (QED) is 0.750. The summed E-state index contributed by atoms with van der Waals surface area (Å²) in [5.41, 5.74) is 0. The van der Waals surface area contributed by atoms with Crippen molar-refractivity contribution in [3.8, 4) is 0 Å². The number of rotatable bonds is 2. The second-order valence-electron chi connectivity index (χ2n) is 6.30. The summed E-state index contributed by atoms with van der Waals surface area (Å²) >= 11 is 0. The number of hydrogen-bond donors (Lipinski definition) is 0. The minimum Gasteiger partial charge on any atom is -0.341 e. The normalized spacial score (nSPS) is 31.1. The van der Waals surface area contributed by atoms with Crippen LogP contribution < -0.4 is 0 Å². The zero-order valence-corrected chi connectivity index (χ0v) is 11.4. The Morgan fingerprint density at radius 3 is 2.28 bits per heavy atom. The fourth-order valence-electron chi connectivity index (χ4n) is 3.95. The van der Waals surface area contributed by atoms with Crippen molar-refractivity contribution in [1.29, 1.82) is 0 Å². The zero-order valence-electron chi connectivity index (χ0n) is 11.4. The third-order valence-corrected chi connectivity index (χ3v) is 5.09. The predicted molar refractivity (Wildman–Crippen MR) is 72.4 cm³/mol. The van der Waals surface area contributed by atoms with Crippen LogP contribution in [0.4, 0.5) is 0 Å². The Kier molecular flexibility index (Phi) is 3.88. The van der Waals surface area contributed by atoms with Crippen LogP contribution in [0.5, 0.6) is 0 Å². The van der Waals surface area contributed by atoms with E-state index in [9.17, 15) is 4.79 Å². The number of amides is 1. The van der Waals surface area contributed by atoms with Gasteiger partial charge in [0.25, 0.3) is 0 Å². The van der Waals surface area contributed by atoms with Gasteiger partial charge in [-0.05, 0) is 45.2 Å². The van der Waals surface area contributed by atoms with Crippen molar-refractivity contribution < 1.29 is 4.79 Å². The molecule has 1 saturated carbocycles. The molecule has 1 aliphatic carbocycles. The van der Waals surface area contributed by atoms with Gasteiger partial charge < -0.3 is 4.90 Å². The molecule has 0 radical (unpaired) electrons. The monoisotopic (exact) mass is 250 g/mol.